The van der Waals surface area contributed by atoms with Crippen LogP contribution >= 0.6 is 22.7 Å². The lowest BCUT2D eigenvalue weighted by molar-refractivity contribution is 0.363. The van der Waals surface area contributed by atoms with Gasteiger partial charge in [0.25, 0.3) is 0 Å². The van der Waals surface area contributed by atoms with E-state index in [2.05, 4.69) is 71.1 Å². The van der Waals surface area contributed by atoms with Crippen LogP contribution in [0.15, 0.2) is 63.1 Å². The normalized spacial score (nSPS) is 12.6. The van der Waals surface area contributed by atoms with Gasteiger partial charge in [0.05, 0.1) is 12.6 Å². The number of benzene rings is 1. The van der Waals surface area contributed by atoms with Crippen molar-refractivity contribution in [2.24, 2.45) is 0 Å². The Morgan fingerprint density at radius 1 is 1.04 bits per heavy atom. The van der Waals surface area contributed by atoms with Crippen LogP contribution in [0.1, 0.15) is 47.7 Å². The van der Waals surface area contributed by atoms with Gasteiger partial charge in [-0.15, -0.1) is 11.3 Å². The van der Waals surface area contributed by atoms with Gasteiger partial charge in [-0.3, -0.25) is 5.32 Å². The molecule has 1 N–H and O–H groups in total. The van der Waals surface area contributed by atoms with E-state index in [0.29, 0.717) is 24.2 Å². The molecule has 0 bridgehead atoms. The van der Waals surface area contributed by atoms with Crippen LogP contribution in [-0.4, -0.2) is 10.1 Å². The molecule has 1 atom stereocenters. The fourth-order valence-corrected chi connectivity index (χ4v) is 4.40. The minimum Gasteiger partial charge on any atom is -0.338 e. The Labute approximate surface area is 166 Å². The quantitative estimate of drug-likeness (QED) is 0.426. The van der Waals surface area contributed by atoms with Crippen molar-refractivity contribution in [3.8, 4) is 11.4 Å². The number of hydrogen-bond acceptors (Lipinski definition) is 6. The summed E-state index contributed by atoms with van der Waals surface area (Å²) in [6.45, 7) is 4.95. The zero-order valence-electron chi connectivity index (χ0n) is 15.3. The number of thiophene rings is 2. The predicted molar refractivity (Wildman–Crippen MR) is 111 cm³/mol. The summed E-state index contributed by atoms with van der Waals surface area (Å²) in [6, 6.07) is 15.2. The highest BCUT2D eigenvalue weighted by Crippen LogP contribution is 2.28. The summed E-state index contributed by atoms with van der Waals surface area (Å²) < 4.78 is 5.43. The lowest BCUT2D eigenvalue weighted by Crippen LogP contribution is -2.21. The number of rotatable bonds is 7. The number of hydrogen-bond donors (Lipinski definition) is 1. The van der Waals surface area contributed by atoms with Gasteiger partial charge < -0.3 is 4.52 Å². The van der Waals surface area contributed by atoms with Gasteiger partial charge in [-0.25, -0.2) is 0 Å². The Hall–Kier alpha value is -2.28. The fourth-order valence-electron chi connectivity index (χ4n) is 2.94. The molecular formula is C21H21N3OS2. The molecule has 0 aliphatic carbocycles. The molecule has 6 heteroatoms. The van der Waals surface area contributed by atoms with Crippen LogP contribution in [0.4, 0.5) is 0 Å². The molecule has 4 nitrogen and oxygen atoms in total. The molecule has 1 aromatic carbocycles. The molecule has 4 aromatic rings. The summed E-state index contributed by atoms with van der Waals surface area (Å²) in [5.41, 5.74) is 3.58. The van der Waals surface area contributed by atoms with Crippen LogP contribution in [0.5, 0.6) is 0 Å². The lowest BCUT2D eigenvalue weighted by Gasteiger charge is -2.18. The first kappa shape index (κ1) is 18.1. The average Bonchev–Trinajstić information content (AvgIpc) is 3.44. The number of nitrogens with one attached hydrogen (secondary N) is 1. The van der Waals surface area contributed by atoms with E-state index in [9.17, 15) is 0 Å². The van der Waals surface area contributed by atoms with Gasteiger partial charge in [0.15, 0.2) is 0 Å². The highest BCUT2D eigenvalue weighted by Gasteiger charge is 2.17. The molecule has 27 heavy (non-hydrogen) atoms. The summed E-state index contributed by atoms with van der Waals surface area (Å²) in [5.74, 6) is 1.76. The molecule has 138 valence electrons. The van der Waals surface area contributed by atoms with Crippen LogP contribution in [-0.2, 0) is 6.54 Å². The summed E-state index contributed by atoms with van der Waals surface area (Å²) in [6.07, 6.45) is 0. The zero-order chi connectivity index (χ0) is 18.6. The van der Waals surface area contributed by atoms with Crippen molar-refractivity contribution < 1.29 is 4.52 Å². The monoisotopic (exact) mass is 395 g/mol. The molecular weight excluding hydrogens is 374 g/mol. The van der Waals surface area contributed by atoms with E-state index < -0.39 is 0 Å². The van der Waals surface area contributed by atoms with E-state index in [1.54, 1.807) is 22.7 Å². The molecule has 0 unspecified atom stereocenters. The minimum atomic E-state index is 0.0997. The van der Waals surface area contributed by atoms with Crippen LogP contribution in [0.2, 0.25) is 0 Å². The largest absolute Gasteiger partial charge is 0.338 e. The Morgan fingerprint density at radius 3 is 2.52 bits per heavy atom. The van der Waals surface area contributed by atoms with E-state index in [0.717, 1.165) is 5.56 Å². The van der Waals surface area contributed by atoms with Crippen LogP contribution in [0.3, 0.4) is 0 Å². The van der Waals surface area contributed by atoms with E-state index in [4.69, 9.17) is 4.52 Å². The Kier molecular flexibility index (Phi) is 5.48. The summed E-state index contributed by atoms with van der Waals surface area (Å²) in [4.78, 5) is 5.78. The molecule has 0 aliphatic rings. The van der Waals surface area contributed by atoms with E-state index in [-0.39, 0.29) is 6.04 Å². The first-order valence-corrected chi connectivity index (χ1v) is 10.7. The van der Waals surface area contributed by atoms with Gasteiger partial charge in [0, 0.05) is 15.8 Å². The number of nitrogens with zero attached hydrogens (tertiary/aromatic N) is 2. The minimum absolute atomic E-state index is 0.0997. The molecule has 3 aromatic heterocycles. The maximum Gasteiger partial charge on any atom is 0.240 e. The van der Waals surface area contributed by atoms with Crippen LogP contribution in [0.25, 0.3) is 11.4 Å². The second-order valence-corrected chi connectivity index (χ2v) is 8.43. The third kappa shape index (κ3) is 4.18. The van der Waals surface area contributed by atoms with Crippen molar-refractivity contribution in [1.29, 1.82) is 0 Å². The van der Waals surface area contributed by atoms with Gasteiger partial charge in [-0.2, -0.15) is 16.3 Å². The van der Waals surface area contributed by atoms with Crippen LogP contribution < -0.4 is 5.32 Å². The summed E-state index contributed by atoms with van der Waals surface area (Å²) >= 11 is 3.37. The summed E-state index contributed by atoms with van der Waals surface area (Å²) in [5, 5.41) is 13.8. The highest BCUT2D eigenvalue weighted by molar-refractivity contribution is 7.10. The first-order valence-electron chi connectivity index (χ1n) is 8.92. The summed E-state index contributed by atoms with van der Waals surface area (Å²) in [7, 11) is 0. The molecule has 0 saturated carbocycles. The third-order valence-corrected chi connectivity index (χ3v) is 6.09. The Balaban J connectivity index is 1.52. The van der Waals surface area contributed by atoms with Crippen molar-refractivity contribution >= 4 is 22.7 Å². The highest BCUT2D eigenvalue weighted by atomic mass is 32.1. The number of aromatic nitrogens is 2. The van der Waals surface area contributed by atoms with Crippen LogP contribution in [0, 0.1) is 0 Å². The second-order valence-electron chi connectivity index (χ2n) is 6.67. The van der Waals surface area contributed by atoms with E-state index in [1.807, 2.05) is 16.8 Å². The smallest absolute Gasteiger partial charge is 0.240 e. The van der Waals surface area contributed by atoms with Gasteiger partial charge in [0.1, 0.15) is 0 Å². The molecule has 0 spiro atoms. The van der Waals surface area contributed by atoms with Crippen molar-refractivity contribution in [1.82, 2.24) is 15.5 Å². The first-order chi connectivity index (χ1) is 13.2. The van der Waals surface area contributed by atoms with Gasteiger partial charge in [0.2, 0.25) is 11.7 Å². The van der Waals surface area contributed by atoms with Crippen molar-refractivity contribution in [2.75, 3.05) is 0 Å². The lowest BCUT2D eigenvalue weighted by atomic mass is 9.98. The molecule has 3 heterocycles. The molecule has 0 fully saturated rings. The van der Waals surface area contributed by atoms with E-state index >= 15 is 0 Å². The maximum atomic E-state index is 5.43. The third-order valence-electron chi connectivity index (χ3n) is 4.47. The van der Waals surface area contributed by atoms with E-state index in [1.165, 1.54) is 16.0 Å². The zero-order valence-corrected chi connectivity index (χ0v) is 16.9. The molecule has 0 saturated heterocycles. The molecule has 0 aliphatic heterocycles. The van der Waals surface area contributed by atoms with Crippen molar-refractivity contribution in [2.45, 2.75) is 32.4 Å². The second kappa shape index (κ2) is 8.17. The topological polar surface area (TPSA) is 51.0 Å². The van der Waals surface area contributed by atoms with Gasteiger partial charge in [-0.05, 0) is 39.9 Å². The average molecular weight is 396 g/mol. The fraction of sp³-hybridized carbons (Fsp3) is 0.238. The maximum absolute atomic E-state index is 5.43. The SMILES string of the molecule is CC(C)c1ccc([C@@H](NCc2nc(-c3ccsc3)no2)c2cccs2)cc1. The molecule has 0 amide bonds. The predicted octanol–water partition coefficient (Wildman–Crippen LogP) is 5.86. The molecule has 0 radical (unpaired) electrons. The van der Waals surface area contributed by atoms with Gasteiger partial charge >= 0.3 is 0 Å². The molecule has 4 rings (SSSR count). The Bertz CT molecular complexity index is 957. The van der Waals surface area contributed by atoms with Crippen molar-refractivity contribution in [3.63, 3.8) is 0 Å². The standard InChI is InChI=1S/C21H21N3OS2/c1-14(2)15-5-7-16(8-6-15)20(18-4-3-10-27-18)22-12-19-23-21(24-25-19)17-9-11-26-13-17/h3-11,13-14,20,22H,12H2,1-2H3/t20-/m1/s1. The Morgan fingerprint density at radius 2 is 1.85 bits per heavy atom. The van der Waals surface area contributed by atoms with Crippen molar-refractivity contribution in [3.05, 3.63) is 80.5 Å². The van der Waals surface area contributed by atoms with Gasteiger partial charge in [-0.1, -0.05) is 49.3 Å².